The fraction of sp³-hybridized carbons (Fsp3) is 0.500. The van der Waals surface area contributed by atoms with Crippen LogP contribution in [-0.4, -0.2) is 47.2 Å². The molecule has 6 nitrogen and oxygen atoms in total. The van der Waals surface area contributed by atoms with E-state index in [2.05, 4.69) is 20.2 Å². The van der Waals surface area contributed by atoms with Crippen LogP contribution < -0.4 is 10.2 Å². The van der Waals surface area contributed by atoms with Gasteiger partial charge in [-0.15, -0.1) is 0 Å². The first-order chi connectivity index (χ1) is 13.6. The molecule has 0 unspecified atom stereocenters. The fourth-order valence-corrected chi connectivity index (χ4v) is 5.32. The first-order valence-corrected chi connectivity index (χ1v) is 10.1. The Morgan fingerprint density at radius 2 is 2.18 bits per heavy atom. The number of hydrogen-bond acceptors (Lipinski definition) is 5. The van der Waals surface area contributed by atoms with E-state index in [1.54, 1.807) is 6.20 Å². The van der Waals surface area contributed by atoms with Crippen molar-refractivity contribution in [2.75, 3.05) is 24.5 Å². The molecule has 1 aromatic carbocycles. The lowest BCUT2D eigenvalue weighted by molar-refractivity contribution is -0.120. The van der Waals surface area contributed by atoms with Gasteiger partial charge in [-0.2, -0.15) is 0 Å². The Kier molecular flexibility index (Phi) is 4.31. The smallest absolute Gasteiger partial charge is 0.224 e. The summed E-state index contributed by atoms with van der Waals surface area (Å²) in [4.78, 5) is 23.7. The Balaban J connectivity index is 1.25. The molecule has 3 fully saturated rings. The molecule has 1 N–H and O–H groups in total. The van der Waals surface area contributed by atoms with Gasteiger partial charge < -0.3 is 15.0 Å². The van der Waals surface area contributed by atoms with Gasteiger partial charge in [-0.05, 0) is 25.3 Å². The molecule has 28 heavy (non-hydrogen) atoms. The second-order valence-electron chi connectivity index (χ2n) is 8.40. The van der Waals surface area contributed by atoms with E-state index in [9.17, 15) is 4.79 Å². The number of benzene rings is 1. The fourth-order valence-electron chi connectivity index (χ4n) is 5.32. The van der Waals surface area contributed by atoms with E-state index < -0.39 is 0 Å². The van der Waals surface area contributed by atoms with Crippen molar-refractivity contribution in [1.29, 1.82) is 0 Å². The first kappa shape index (κ1) is 17.6. The summed E-state index contributed by atoms with van der Waals surface area (Å²) < 4.78 is 6.49. The summed E-state index contributed by atoms with van der Waals surface area (Å²) in [6.07, 6.45) is 6.52. The lowest BCUT2D eigenvalue weighted by Gasteiger charge is -2.29. The molecule has 1 amide bonds. The average molecular weight is 378 g/mol. The number of carbonyl (C=O) groups excluding carboxylic acids is 1. The van der Waals surface area contributed by atoms with Crippen molar-refractivity contribution >= 4 is 11.7 Å². The molecule has 146 valence electrons. The van der Waals surface area contributed by atoms with Crippen LogP contribution in [0.15, 0.2) is 42.7 Å². The molecule has 1 aromatic heterocycles. The van der Waals surface area contributed by atoms with Crippen molar-refractivity contribution in [2.24, 2.45) is 11.8 Å². The van der Waals surface area contributed by atoms with Gasteiger partial charge in [-0.3, -0.25) is 9.78 Å². The summed E-state index contributed by atoms with van der Waals surface area (Å²) in [5, 5.41) is 3.17. The topological polar surface area (TPSA) is 67.4 Å². The average Bonchev–Trinajstić information content (AvgIpc) is 3.36. The summed E-state index contributed by atoms with van der Waals surface area (Å²) in [6, 6.07) is 9.90. The van der Waals surface area contributed by atoms with Gasteiger partial charge in [0.25, 0.3) is 0 Å². The number of anilines is 1. The van der Waals surface area contributed by atoms with Crippen LogP contribution in [-0.2, 0) is 16.0 Å². The minimum atomic E-state index is -0.0785. The van der Waals surface area contributed by atoms with Gasteiger partial charge in [0.1, 0.15) is 5.82 Å². The minimum Gasteiger partial charge on any atom is -0.369 e. The summed E-state index contributed by atoms with van der Waals surface area (Å²) in [5.74, 6) is 1.83. The van der Waals surface area contributed by atoms with Crippen LogP contribution in [0.5, 0.6) is 0 Å². The molecule has 2 aromatic rings. The molecule has 1 spiro atoms. The van der Waals surface area contributed by atoms with Crippen molar-refractivity contribution < 1.29 is 9.53 Å². The molecular formula is C22H26N4O2. The second-order valence-corrected chi connectivity index (χ2v) is 8.40. The summed E-state index contributed by atoms with van der Waals surface area (Å²) in [7, 11) is 0. The van der Waals surface area contributed by atoms with E-state index in [1.807, 2.05) is 43.5 Å². The number of amides is 1. The second kappa shape index (κ2) is 6.85. The Morgan fingerprint density at radius 1 is 1.32 bits per heavy atom. The third-order valence-corrected chi connectivity index (χ3v) is 6.59. The Hall–Kier alpha value is -2.47. The van der Waals surface area contributed by atoms with Crippen LogP contribution in [0.25, 0.3) is 0 Å². The first-order valence-electron chi connectivity index (χ1n) is 10.1. The molecule has 2 bridgehead atoms. The molecule has 0 saturated carbocycles. The number of nitrogens with one attached hydrogen (secondary N) is 1. The molecule has 5 rings (SSSR count). The van der Waals surface area contributed by atoms with Gasteiger partial charge >= 0.3 is 0 Å². The molecule has 4 heterocycles. The van der Waals surface area contributed by atoms with Gasteiger partial charge in [-0.1, -0.05) is 30.3 Å². The lowest BCUT2D eigenvalue weighted by atomic mass is 9.73. The molecule has 6 heteroatoms. The van der Waals surface area contributed by atoms with Crippen LogP contribution in [0.1, 0.15) is 24.1 Å². The zero-order chi connectivity index (χ0) is 19.1. The van der Waals surface area contributed by atoms with Gasteiger partial charge in [0.2, 0.25) is 5.91 Å². The van der Waals surface area contributed by atoms with Crippen LogP contribution in [0.3, 0.4) is 0 Å². The largest absolute Gasteiger partial charge is 0.369 e. The zero-order valence-corrected chi connectivity index (χ0v) is 16.2. The Labute approximate surface area is 165 Å². The number of ether oxygens (including phenoxy) is 1. The van der Waals surface area contributed by atoms with Crippen molar-refractivity contribution in [1.82, 2.24) is 15.3 Å². The number of aryl methyl sites for hydroxylation is 1. The third kappa shape index (κ3) is 3.05. The predicted molar refractivity (Wildman–Crippen MR) is 106 cm³/mol. The minimum absolute atomic E-state index is 0.0785. The van der Waals surface area contributed by atoms with E-state index in [-0.39, 0.29) is 17.6 Å². The number of aromatic nitrogens is 2. The van der Waals surface area contributed by atoms with Gasteiger partial charge in [0.05, 0.1) is 30.0 Å². The van der Waals surface area contributed by atoms with Crippen molar-refractivity contribution in [3.05, 3.63) is 54.0 Å². The van der Waals surface area contributed by atoms with E-state index in [0.29, 0.717) is 24.8 Å². The van der Waals surface area contributed by atoms with E-state index in [1.165, 1.54) is 0 Å². The standard InChI is InChI=1S/C22H26N4O2/c1-15-10-23-12-20(25-15)26-13-18-17(19-7-8-22(18,14-26)28-19)11-24-21(27)9-16-5-3-2-4-6-16/h2-6,10,12,17-19H,7-9,11,13-14H2,1H3,(H,24,27)/t17-,18+,19+,22+/m0/s1. The zero-order valence-electron chi connectivity index (χ0n) is 16.2. The SMILES string of the molecule is Cc1cncc(N2C[C@@H]3[C@H](CNC(=O)Cc4ccccc4)[C@H]4CC[C@]3(C2)O4)n1. The maximum Gasteiger partial charge on any atom is 0.224 e. The Bertz CT molecular complexity index is 874. The van der Waals surface area contributed by atoms with E-state index in [0.717, 1.165) is 43.0 Å². The number of fused-ring (bicyclic) bond motifs is 1. The number of rotatable bonds is 5. The number of hydrogen-bond donors (Lipinski definition) is 1. The van der Waals surface area contributed by atoms with Gasteiger partial charge in [0.15, 0.2) is 0 Å². The van der Waals surface area contributed by atoms with Crippen molar-refractivity contribution in [3.8, 4) is 0 Å². The lowest BCUT2D eigenvalue weighted by Crippen LogP contribution is -2.42. The van der Waals surface area contributed by atoms with E-state index >= 15 is 0 Å². The summed E-state index contributed by atoms with van der Waals surface area (Å²) >= 11 is 0. The normalized spacial score (nSPS) is 30.5. The van der Waals surface area contributed by atoms with Crippen LogP contribution in [0.4, 0.5) is 5.82 Å². The maximum atomic E-state index is 12.4. The molecule has 3 saturated heterocycles. The van der Waals surface area contributed by atoms with Gasteiger partial charge in [-0.25, -0.2) is 4.98 Å². The van der Waals surface area contributed by atoms with Crippen molar-refractivity contribution in [2.45, 2.75) is 37.9 Å². The highest BCUT2D eigenvalue weighted by atomic mass is 16.5. The van der Waals surface area contributed by atoms with E-state index in [4.69, 9.17) is 4.74 Å². The molecule has 3 aliphatic heterocycles. The maximum absolute atomic E-state index is 12.4. The predicted octanol–water partition coefficient (Wildman–Crippen LogP) is 2.13. The highest BCUT2D eigenvalue weighted by Crippen LogP contribution is 2.55. The third-order valence-electron chi connectivity index (χ3n) is 6.59. The van der Waals surface area contributed by atoms with Crippen LogP contribution in [0.2, 0.25) is 0 Å². The molecule has 0 radical (unpaired) electrons. The number of nitrogens with zero attached hydrogens (tertiary/aromatic N) is 3. The molecule has 0 aliphatic carbocycles. The highest BCUT2D eigenvalue weighted by Gasteiger charge is 2.63. The van der Waals surface area contributed by atoms with Crippen LogP contribution >= 0.6 is 0 Å². The quantitative estimate of drug-likeness (QED) is 0.863. The number of carbonyl (C=O) groups is 1. The molecular weight excluding hydrogens is 352 g/mol. The van der Waals surface area contributed by atoms with Gasteiger partial charge in [0, 0.05) is 37.7 Å². The monoisotopic (exact) mass is 378 g/mol. The summed E-state index contributed by atoms with van der Waals surface area (Å²) in [5.41, 5.74) is 1.90. The Morgan fingerprint density at radius 3 is 3.00 bits per heavy atom. The highest BCUT2D eigenvalue weighted by molar-refractivity contribution is 5.78. The van der Waals surface area contributed by atoms with Crippen LogP contribution in [0, 0.1) is 18.8 Å². The molecule has 4 atom stereocenters. The van der Waals surface area contributed by atoms with Crippen molar-refractivity contribution in [3.63, 3.8) is 0 Å². The molecule has 3 aliphatic rings. The summed E-state index contributed by atoms with van der Waals surface area (Å²) in [6.45, 7) is 4.46.